The average Bonchev–Trinajstić information content (AvgIpc) is 2.86. The Bertz CT molecular complexity index is 518. The molecule has 1 atom stereocenters. The summed E-state index contributed by atoms with van der Waals surface area (Å²) in [5, 5.41) is 7.96. The molecule has 2 aromatic rings. The third kappa shape index (κ3) is 3.01. The van der Waals surface area contributed by atoms with Crippen LogP contribution in [0.1, 0.15) is 43.3 Å². The molecular weight excluding hydrogens is 236 g/mol. The quantitative estimate of drug-likeness (QED) is 0.866. The summed E-state index contributed by atoms with van der Waals surface area (Å²) >= 11 is 0. The first-order chi connectivity index (χ1) is 9.27. The molecule has 2 rings (SSSR count). The van der Waals surface area contributed by atoms with Crippen molar-refractivity contribution in [2.45, 2.75) is 39.8 Å². The van der Waals surface area contributed by atoms with Gasteiger partial charge in [-0.05, 0) is 37.6 Å². The maximum atomic E-state index is 4.42. The monoisotopic (exact) mass is 258 g/mol. The molecule has 0 saturated carbocycles. The molecule has 1 N–H and O–H groups in total. The third-order valence-corrected chi connectivity index (χ3v) is 3.25. The third-order valence-electron chi connectivity index (χ3n) is 3.25. The highest BCUT2D eigenvalue weighted by molar-refractivity contribution is 5.30. The highest BCUT2D eigenvalue weighted by Crippen LogP contribution is 2.23. The van der Waals surface area contributed by atoms with Crippen LogP contribution in [0.5, 0.6) is 0 Å². The first kappa shape index (κ1) is 13.7. The molecule has 2 heterocycles. The van der Waals surface area contributed by atoms with E-state index in [1.807, 2.05) is 18.5 Å². The Morgan fingerprint density at radius 1 is 1.26 bits per heavy atom. The van der Waals surface area contributed by atoms with Gasteiger partial charge >= 0.3 is 0 Å². The Kier molecular flexibility index (Phi) is 4.68. The predicted octanol–water partition coefficient (Wildman–Crippen LogP) is 2.70. The van der Waals surface area contributed by atoms with E-state index in [1.165, 1.54) is 11.3 Å². The number of hydrogen-bond donors (Lipinski definition) is 1. The Morgan fingerprint density at radius 3 is 2.79 bits per heavy atom. The number of nitrogens with one attached hydrogen (secondary N) is 1. The molecule has 2 aromatic heterocycles. The molecular formula is C15H22N4. The zero-order valence-electron chi connectivity index (χ0n) is 11.9. The summed E-state index contributed by atoms with van der Waals surface area (Å²) < 4.78 is 2.08. The van der Waals surface area contributed by atoms with E-state index in [9.17, 15) is 0 Å². The first-order valence-electron chi connectivity index (χ1n) is 6.94. The fourth-order valence-corrected chi connectivity index (χ4v) is 2.37. The van der Waals surface area contributed by atoms with Crippen molar-refractivity contribution in [2.24, 2.45) is 0 Å². The summed E-state index contributed by atoms with van der Waals surface area (Å²) in [5.41, 5.74) is 3.50. The highest BCUT2D eigenvalue weighted by atomic mass is 15.3. The van der Waals surface area contributed by atoms with Crippen molar-refractivity contribution in [3.8, 4) is 0 Å². The van der Waals surface area contributed by atoms with Gasteiger partial charge in [-0.2, -0.15) is 5.10 Å². The standard InChI is InChI=1S/C15H22N4/c1-4-11-19-14(8-10-18-19)15(16-5-2)13-7-6-9-17-12(13)3/h6-10,15-16H,4-5,11H2,1-3H3. The SMILES string of the molecule is CCCn1nccc1C(NCC)c1cccnc1C. The van der Waals surface area contributed by atoms with E-state index in [0.717, 1.165) is 25.2 Å². The summed E-state index contributed by atoms with van der Waals surface area (Å²) in [6.45, 7) is 8.21. The second-order valence-corrected chi connectivity index (χ2v) is 4.65. The van der Waals surface area contributed by atoms with Crippen LogP contribution in [-0.2, 0) is 6.54 Å². The van der Waals surface area contributed by atoms with Crippen molar-refractivity contribution in [3.63, 3.8) is 0 Å². The fourth-order valence-electron chi connectivity index (χ4n) is 2.37. The van der Waals surface area contributed by atoms with Crippen LogP contribution in [-0.4, -0.2) is 21.3 Å². The van der Waals surface area contributed by atoms with Gasteiger partial charge in [0.15, 0.2) is 0 Å². The van der Waals surface area contributed by atoms with Crippen LogP contribution in [0.15, 0.2) is 30.6 Å². The summed E-state index contributed by atoms with van der Waals surface area (Å²) in [6.07, 6.45) is 4.80. The second-order valence-electron chi connectivity index (χ2n) is 4.65. The lowest BCUT2D eigenvalue weighted by atomic mass is 10.0. The van der Waals surface area contributed by atoms with Gasteiger partial charge in [0, 0.05) is 24.6 Å². The molecule has 0 aliphatic heterocycles. The Morgan fingerprint density at radius 2 is 2.11 bits per heavy atom. The number of aryl methyl sites for hydroxylation is 2. The number of rotatable bonds is 6. The molecule has 0 spiro atoms. The van der Waals surface area contributed by atoms with Gasteiger partial charge in [0.1, 0.15) is 0 Å². The van der Waals surface area contributed by atoms with E-state index in [2.05, 4.69) is 53.0 Å². The highest BCUT2D eigenvalue weighted by Gasteiger charge is 2.19. The van der Waals surface area contributed by atoms with Crippen LogP contribution in [0.2, 0.25) is 0 Å². The van der Waals surface area contributed by atoms with Gasteiger partial charge in [-0.15, -0.1) is 0 Å². The van der Waals surface area contributed by atoms with Crippen LogP contribution < -0.4 is 5.32 Å². The number of nitrogens with zero attached hydrogens (tertiary/aromatic N) is 3. The lowest BCUT2D eigenvalue weighted by Gasteiger charge is -2.21. The van der Waals surface area contributed by atoms with E-state index in [4.69, 9.17) is 0 Å². The molecule has 0 radical (unpaired) electrons. The average molecular weight is 258 g/mol. The summed E-state index contributed by atoms with van der Waals surface area (Å²) in [7, 11) is 0. The first-order valence-corrected chi connectivity index (χ1v) is 6.94. The van der Waals surface area contributed by atoms with Crippen molar-refractivity contribution in [1.29, 1.82) is 0 Å². The predicted molar refractivity (Wildman–Crippen MR) is 77.0 cm³/mol. The molecule has 4 heteroatoms. The Labute approximate surface area is 114 Å². The fraction of sp³-hybridized carbons (Fsp3) is 0.467. The van der Waals surface area contributed by atoms with Gasteiger partial charge in [0.25, 0.3) is 0 Å². The van der Waals surface area contributed by atoms with Crippen LogP contribution in [0.3, 0.4) is 0 Å². The zero-order valence-corrected chi connectivity index (χ0v) is 11.9. The minimum atomic E-state index is 0.160. The smallest absolute Gasteiger partial charge is 0.0765 e. The molecule has 1 unspecified atom stereocenters. The normalized spacial score (nSPS) is 12.6. The van der Waals surface area contributed by atoms with E-state index >= 15 is 0 Å². The lowest BCUT2D eigenvalue weighted by molar-refractivity contribution is 0.518. The van der Waals surface area contributed by atoms with E-state index in [1.54, 1.807) is 0 Å². The van der Waals surface area contributed by atoms with Crippen LogP contribution in [0.4, 0.5) is 0 Å². The van der Waals surface area contributed by atoms with Crippen molar-refractivity contribution in [1.82, 2.24) is 20.1 Å². The van der Waals surface area contributed by atoms with Crippen LogP contribution >= 0.6 is 0 Å². The molecule has 0 aliphatic carbocycles. The van der Waals surface area contributed by atoms with E-state index < -0.39 is 0 Å². The summed E-state index contributed by atoms with van der Waals surface area (Å²) in [5.74, 6) is 0. The molecule has 4 nitrogen and oxygen atoms in total. The minimum absolute atomic E-state index is 0.160. The molecule has 19 heavy (non-hydrogen) atoms. The Hall–Kier alpha value is -1.68. The summed E-state index contributed by atoms with van der Waals surface area (Å²) in [6, 6.07) is 6.38. The number of pyridine rings is 1. The molecule has 0 fully saturated rings. The topological polar surface area (TPSA) is 42.7 Å². The molecule has 0 bridgehead atoms. The van der Waals surface area contributed by atoms with Gasteiger partial charge in [-0.25, -0.2) is 0 Å². The molecule has 0 amide bonds. The Balaban J connectivity index is 2.40. The minimum Gasteiger partial charge on any atom is -0.305 e. The largest absolute Gasteiger partial charge is 0.305 e. The van der Waals surface area contributed by atoms with Gasteiger partial charge < -0.3 is 5.32 Å². The molecule has 0 aromatic carbocycles. The summed E-state index contributed by atoms with van der Waals surface area (Å²) in [4.78, 5) is 4.40. The van der Waals surface area contributed by atoms with E-state index in [0.29, 0.717) is 0 Å². The van der Waals surface area contributed by atoms with Crippen molar-refractivity contribution in [3.05, 3.63) is 47.5 Å². The number of aromatic nitrogens is 3. The van der Waals surface area contributed by atoms with Crippen LogP contribution in [0, 0.1) is 6.92 Å². The van der Waals surface area contributed by atoms with Gasteiger partial charge in [0.05, 0.1) is 11.7 Å². The van der Waals surface area contributed by atoms with Crippen LogP contribution in [0.25, 0.3) is 0 Å². The van der Waals surface area contributed by atoms with Gasteiger partial charge in [0.2, 0.25) is 0 Å². The van der Waals surface area contributed by atoms with Crippen molar-refractivity contribution in [2.75, 3.05) is 6.54 Å². The molecule has 102 valence electrons. The van der Waals surface area contributed by atoms with Gasteiger partial charge in [-0.1, -0.05) is 19.9 Å². The van der Waals surface area contributed by atoms with Crippen molar-refractivity contribution >= 4 is 0 Å². The number of hydrogen-bond acceptors (Lipinski definition) is 3. The zero-order chi connectivity index (χ0) is 13.7. The van der Waals surface area contributed by atoms with Crippen molar-refractivity contribution < 1.29 is 0 Å². The maximum Gasteiger partial charge on any atom is 0.0765 e. The maximum absolute atomic E-state index is 4.42. The van der Waals surface area contributed by atoms with Gasteiger partial charge in [-0.3, -0.25) is 9.67 Å². The van der Waals surface area contributed by atoms with E-state index in [-0.39, 0.29) is 6.04 Å². The molecule has 0 saturated heterocycles. The second kappa shape index (κ2) is 6.48. The molecule has 0 aliphatic rings. The lowest BCUT2D eigenvalue weighted by Crippen LogP contribution is -2.25.